The van der Waals surface area contributed by atoms with Gasteiger partial charge in [0.25, 0.3) is 5.91 Å². The van der Waals surface area contributed by atoms with Crippen molar-refractivity contribution in [1.82, 2.24) is 5.32 Å². The van der Waals surface area contributed by atoms with E-state index in [1.807, 2.05) is 0 Å². The van der Waals surface area contributed by atoms with Crippen molar-refractivity contribution < 1.29 is 23.8 Å². The Hall–Kier alpha value is -2.24. The smallest absolute Gasteiger partial charge is 0.341 e. The zero-order valence-electron chi connectivity index (χ0n) is 14.3. The predicted molar refractivity (Wildman–Crippen MR) is 89.4 cm³/mol. The molecule has 1 saturated carbocycles. The van der Waals surface area contributed by atoms with Crippen LogP contribution in [0, 0.1) is 5.92 Å². The minimum atomic E-state index is -0.518. The molecule has 0 unspecified atom stereocenters. The Bertz CT molecular complexity index is 567. The maximum atomic E-state index is 12.0. The van der Waals surface area contributed by atoms with E-state index in [0.717, 1.165) is 0 Å². The number of esters is 1. The quantitative estimate of drug-likeness (QED) is 0.775. The van der Waals surface area contributed by atoms with Crippen molar-refractivity contribution in [2.45, 2.75) is 32.1 Å². The SMILES string of the molecule is COC(=O)c1ccc(OC)cc1OCC(=O)NCC1CCCCC1. The molecular formula is C18H25NO5. The molecule has 1 amide bonds. The first kappa shape index (κ1) is 18.1. The van der Waals surface area contributed by atoms with Crippen molar-refractivity contribution in [2.24, 2.45) is 5.92 Å². The van der Waals surface area contributed by atoms with Crippen LogP contribution in [0.15, 0.2) is 18.2 Å². The van der Waals surface area contributed by atoms with E-state index in [9.17, 15) is 9.59 Å². The number of carbonyl (C=O) groups excluding carboxylic acids is 2. The molecule has 1 fully saturated rings. The molecule has 6 nitrogen and oxygen atoms in total. The van der Waals surface area contributed by atoms with E-state index >= 15 is 0 Å². The van der Waals surface area contributed by atoms with Crippen molar-refractivity contribution in [1.29, 1.82) is 0 Å². The Morgan fingerprint density at radius 3 is 2.58 bits per heavy atom. The molecule has 1 aromatic carbocycles. The second-order valence-electron chi connectivity index (χ2n) is 5.95. The standard InChI is InChI=1S/C18H25NO5/c1-22-14-8-9-15(18(21)23-2)16(10-14)24-12-17(20)19-11-13-6-4-3-5-7-13/h8-10,13H,3-7,11-12H2,1-2H3,(H,19,20). The summed E-state index contributed by atoms with van der Waals surface area (Å²) in [4.78, 5) is 23.7. The maximum Gasteiger partial charge on any atom is 0.341 e. The molecule has 0 radical (unpaired) electrons. The van der Waals surface area contributed by atoms with Gasteiger partial charge in [0.05, 0.1) is 14.2 Å². The van der Waals surface area contributed by atoms with Crippen LogP contribution in [0.1, 0.15) is 42.5 Å². The van der Waals surface area contributed by atoms with Crippen LogP contribution >= 0.6 is 0 Å². The molecule has 0 spiro atoms. The van der Waals surface area contributed by atoms with Gasteiger partial charge in [-0.05, 0) is 30.9 Å². The third-order valence-electron chi connectivity index (χ3n) is 4.27. The van der Waals surface area contributed by atoms with Crippen LogP contribution in [-0.4, -0.2) is 39.2 Å². The fourth-order valence-electron chi connectivity index (χ4n) is 2.87. The zero-order valence-corrected chi connectivity index (χ0v) is 14.3. The Morgan fingerprint density at radius 1 is 1.17 bits per heavy atom. The molecule has 132 valence electrons. The first-order valence-corrected chi connectivity index (χ1v) is 8.30. The molecular weight excluding hydrogens is 310 g/mol. The molecule has 6 heteroatoms. The van der Waals surface area contributed by atoms with Gasteiger partial charge in [0.15, 0.2) is 6.61 Å². The summed E-state index contributed by atoms with van der Waals surface area (Å²) in [6.07, 6.45) is 6.11. The number of ether oxygens (including phenoxy) is 3. The number of carbonyl (C=O) groups is 2. The summed E-state index contributed by atoms with van der Waals surface area (Å²) in [5, 5.41) is 2.90. The summed E-state index contributed by atoms with van der Waals surface area (Å²) in [7, 11) is 2.82. The minimum absolute atomic E-state index is 0.149. The lowest BCUT2D eigenvalue weighted by atomic mass is 9.89. The minimum Gasteiger partial charge on any atom is -0.497 e. The van der Waals surface area contributed by atoms with E-state index in [1.165, 1.54) is 46.3 Å². The van der Waals surface area contributed by atoms with Gasteiger partial charge in [-0.15, -0.1) is 0 Å². The Kier molecular flexibility index (Phi) is 6.90. The summed E-state index contributed by atoms with van der Waals surface area (Å²) < 4.78 is 15.4. The molecule has 2 rings (SSSR count). The Balaban J connectivity index is 1.89. The van der Waals surface area contributed by atoms with E-state index < -0.39 is 5.97 Å². The van der Waals surface area contributed by atoms with Crippen molar-refractivity contribution in [2.75, 3.05) is 27.4 Å². The lowest BCUT2D eigenvalue weighted by Gasteiger charge is -2.21. The van der Waals surface area contributed by atoms with Crippen molar-refractivity contribution in [3.63, 3.8) is 0 Å². The van der Waals surface area contributed by atoms with Crippen molar-refractivity contribution in [3.05, 3.63) is 23.8 Å². The summed E-state index contributed by atoms with van der Waals surface area (Å²) in [6, 6.07) is 4.77. The number of hydrogen-bond donors (Lipinski definition) is 1. The van der Waals surface area contributed by atoms with Crippen LogP contribution in [0.3, 0.4) is 0 Å². The van der Waals surface area contributed by atoms with Gasteiger partial charge in [0, 0.05) is 12.6 Å². The van der Waals surface area contributed by atoms with Gasteiger partial charge in [-0.2, -0.15) is 0 Å². The number of amides is 1. The number of hydrogen-bond acceptors (Lipinski definition) is 5. The van der Waals surface area contributed by atoms with Crippen LogP contribution in [0.2, 0.25) is 0 Å². The van der Waals surface area contributed by atoms with Gasteiger partial charge >= 0.3 is 5.97 Å². The average molecular weight is 335 g/mol. The van der Waals surface area contributed by atoms with Crippen LogP contribution in [0.5, 0.6) is 11.5 Å². The Morgan fingerprint density at radius 2 is 1.92 bits per heavy atom. The van der Waals surface area contributed by atoms with Gasteiger partial charge in [0.1, 0.15) is 17.1 Å². The Labute approximate surface area is 142 Å². The van der Waals surface area contributed by atoms with Gasteiger partial charge in [-0.25, -0.2) is 4.79 Å². The highest BCUT2D eigenvalue weighted by Crippen LogP contribution is 2.25. The topological polar surface area (TPSA) is 73.9 Å². The molecule has 0 bridgehead atoms. The van der Waals surface area contributed by atoms with E-state index in [4.69, 9.17) is 14.2 Å². The molecule has 0 heterocycles. The highest BCUT2D eigenvalue weighted by Gasteiger charge is 2.17. The molecule has 1 aromatic rings. The van der Waals surface area contributed by atoms with E-state index in [1.54, 1.807) is 18.2 Å². The maximum absolute atomic E-state index is 12.0. The fraction of sp³-hybridized carbons (Fsp3) is 0.556. The molecule has 1 aliphatic rings. The molecule has 0 aromatic heterocycles. The normalized spacial score (nSPS) is 14.8. The summed E-state index contributed by atoms with van der Waals surface area (Å²) in [5.41, 5.74) is 0.262. The van der Waals surface area contributed by atoms with E-state index in [-0.39, 0.29) is 23.8 Å². The number of rotatable bonds is 7. The predicted octanol–water partition coefficient (Wildman–Crippen LogP) is 2.56. The lowest BCUT2D eigenvalue weighted by molar-refractivity contribution is -0.123. The van der Waals surface area contributed by atoms with Gasteiger partial charge in [0.2, 0.25) is 0 Å². The summed E-state index contributed by atoms with van der Waals surface area (Å²) >= 11 is 0. The van der Waals surface area contributed by atoms with Crippen LogP contribution < -0.4 is 14.8 Å². The van der Waals surface area contributed by atoms with Gasteiger partial charge in [-0.1, -0.05) is 19.3 Å². The highest BCUT2D eigenvalue weighted by atomic mass is 16.5. The van der Waals surface area contributed by atoms with E-state index in [0.29, 0.717) is 18.2 Å². The largest absolute Gasteiger partial charge is 0.497 e. The molecule has 0 atom stereocenters. The molecule has 1 N–H and O–H groups in total. The first-order chi connectivity index (χ1) is 11.6. The number of nitrogens with one attached hydrogen (secondary N) is 1. The number of benzene rings is 1. The van der Waals surface area contributed by atoms with Crippen molar-refractivity contribution >= 4 is 11.9 Å². The molecule has 0 aliphatic heterocycles. The van der Waals surface area contributed by atoms with Gasteiger partial charge in [-0.3, -0.25) is 4.79 Å². The fourth-order valence-corrected chi connectivity index (χ4v) is 2.87. The molecule has 1 aliphatic carbocycles. The van der Waals surface area contributed by atoms with E-state index in [2.05, 4.69) is 5.32 Å². The molecule has 24 heavy (non-hydrogen) atoms. The third-order valence-corrected chi connectivity index (χ3v) is 4.27. The van der Waals surface area contributed by atoms with Crippen LogP contribution in [0.4, 0.5) is 0 Å². The monoisotopic (exact) mass is 335 g/mol. The second kappa shape index (κ2) is 9.15. The van der Waals surface area contributed by atoms with Gasteiger partial charge < -0.3 is 19.5 Å². The second-order valence-corrected chi connectivity index (χ2v) is 5.95. The first-order valence-electron chi connectivity index (χ1n) is 8.30. The van der Waals surface area contributed by atoms with Crippen LogP contribution in [0.25, 0.3) is 0 Å². The average Bonchev–Trinajstić information content (AvgIpc) is 2.64. The van der Waals surface area contributed by atoms with Crippen molar-refractivity contribution in [3.8, 4) is 11.5 Å². The molecule has 0 saturated heterocycles. The van der Waals surface area contributed by atoms with Crippen LogP contribution in [-0.2, 0) is 9.53 Å². The zero-order chi connectivity index (χ0) is 17.4. The highest BCUT2D eigenvalue weighted by molar-refractivity contribution is 5.92. The lowest BCUT2D eigenvalue weighted by Crippen LogP contribution is -2.33. The summed E-state index contributed by atoms with van der Waals surface area (Å²) in [5.74, 6) is 0.661. The number of methoxy groups -OCH3 is 2. The summed E-state index contributed by atoms with van der Waals surface area (Å²) in [6.45, 7) is 0.536. The third kappa shape index (κ3) is 5.15.